The zero-order valence-corrected chi connectivity index (χ0v) is 15.8. The minimum atomic E-state index is -0.978. The van der Waals surface area contributed by atoms with Gasteiger partial charge in [-0.05, 0) is 30.4 Å². The van der Waals surface area contributed by atoms with E-state index in [1.807, 2.05) is 42.1 Å². The Morgan fingerprint density at radius 1 is 1.21 bits per heavy atom. The van der Waals surface area contributed by atoms with E-state index in [0.29, 0.717) is 31.0 Å². The van der Waals surface area contributed by atoms with Gasteiger partial charge in [0.05, 0.1) is 18.8 Å². The van der Waals surface area contributed by atoms with E-state index in [-0.39, 0.29) is 12.1 Å². The second-order valence-corrected chi connectivity index (χ2v) is 7.77. The molecule has 0 saturated heterocycles. The molecule has 0 atom stereocenters. The lowest BCUT2D eigenvalue weighted by molar-refractivity contribution is 0.139. The molecule has 1 aliphatic heterocycles. The fourth-order valence-corrected chi connectivity index (χ4v) is 4.35. The Balaban J connectivity index is 1.77. The molecule has 1 aliphatic carbocycles. The molecule has 0 unspecified atom stereocenters. The maximum Gasteiger partial charge on any atom is 0.407 e. The smallest absolute Gasteiger partial charge is 0.407 e. The second-order valence-electron chi connectivity index (χ2n) is 7.77. The molecule has 0 spiro atoms. The van der Waals surface area contributed by atoms with Crippen molar-refractivity contribution >= 4 is 17.1 Å². The Bertz CT molecular complexity index is 1140. The third kappa shape index (κ3) is 2.61. The maximum atomic E-state index is 13.4. The molecule has 5 rings (SSSR count). The molecule has 1 amide bonds. The predicted molar refractivity (Wildman–Crippen MR) is 105 cm³/mol. The summed E-state index contributed by atoms with van der Waals surface area (Å²) in [6.45, 7) is 1.01. The predicted octanol–water partition coefficient (Wildman–Crippen LogP) is 2.70. The highest BCUT2D eigenvalue weighted by Crippen LogP contribution is 2.43. The van der Waals surface area contributed by atoms with Gasteiger partial charge in [0.1, 0.15) is 5.65 Å². The van der Waals surface area contributed by atoms with E-state index < -0.39 is 6.09 Å². The summed E-state index contributed by atoms with van der Waals surface area (Å²) >= 11 is 0. The number of hydrogen-bond acceptors (Lipinski definition) is 3. The number of pyridine rings is 1. The number of aromatic nitrogens is 3. The molecule has 1 fully saturated rings. The van der Waals surface area contributed by atoms with E-state index in [0.717, 1.165) is 40.7 Å². The van der Waals surface area contributed by atoms with E-state index in [1.54, 1.807) is 4.57 Å². The van der Waals surface area contributed by atoms with Gasteiger partial charge in [-0.25, -0.2) is 4.79 Å². The Hall–Kier alpha value is -3.09. The first-order valence-electron chi connectivity index (χ1n) is 9.67. The third-order valence-electron chi connectivity index (χ3n) is 5.87. The largest absolute Gasteiger partial charge is 0.465 e. The summed E-state index contributed by atoms with van der Waals surface area (Å²) in [4.78, 5) is 26.3. The van der Waals surface area contributed by atoms with Crippen LogP contribution < -0.4 is 5.56 Å². The summed E-state index contributed by atoms with van der Waals surface area (Å²) in [7, 11) is 1.90. The summed E-state index contributed by atoms with van der Waals surface area (Å²) in [5, 5.41) is 15.3. The molecule has 1 N–H and O–H groups in total. The van der Waals surface area contributed by atoms with E-state index in [1.165, 1.54) is 4.90 Å². The summed E-state index contributed by atoms with van der Waals surface area (Å²) in [5.74, 6) is 0.452. The highest BCUT2D eigenvalue weighted by atomic mass is 16.4. The monoisotopic (exact) mass is 378 g/mol. The van der Waals surface area contributed by atoms with Crippen molar-refractivity contribution in [3.63, 3.8) is 0 Å². The van der Waals surface area contributed by atoms with Crippen molar-refractivity contribution in [2.75, 3.05) is 6.54 Å². The summed E-state index contributed by atoms with van der Waals surface area (Å²) in [6, 6.07) is 9.87. The number of benzene rings is 1. The summed E-state index contributed by atoms with van der Waals surface area (Å²) < 4.78 is 3.60. The number of nitrogens with zero attached hydrogens (tertiary/aromatic N) is 4. The average Bonchev–Trinajstić information content (AvgIpc) is 3.48. The molecule has 1 saturated carbocycles. The van der Waals surface area contributed by atoms with Crippen LogP contribution >= 0.6 is 0 Å². The zero-order chi connectivity index (χ0) is 19.4. The quantitative estimate of drug-likeness (QED) is 0.760. The van der Waals surface area contributed by atoms with Gasteiger partial charge in [-0.15, -0.1) is 0 Å². The van der Waals surface area contributed by atoms with Gasteiger partial charge in [-0.2, -0.15) is 5.10 Å². The van der Waals surface area contributed by atoms with E-state index in [9.17, 15) is 14.7 Å². The van der Waals surface area contributed by atoms with Gasteiger partial charge in [0.15, 0.2) is 0 Å². The average molecular weight is 378 g/mol. The van der Waals surface area contributed by atoms with Crippen LogP contribution in [0.1, 0.15) is 41.1 Å². The SMILES string of the molecule is Cn1nc(C2CC2)c2c3c(c(=O)n(Cc4ccccc4)c21)CN(C(=O)O)CC3. The first-order valence-corrected chi connectivity index (χ1v) is 9.67. The molecular formula is C21H22N4O3. The fraction of sp³-hybridized carbons (Fsp3) is 0.381. The molecule has 1 aromatic carbocycles. The minimum absolute atomic E-state index is 0.109. The summed E-state index contributed by atoms with van der Waals surface area (Å²) in [5.41, 5.74) is 4.44. The van der Waals surface area contributed by atoms with Crippen LogP contribution in [-0.2, 0) is 26.6 Å². The molecular weight excluding hydrogens is 356 g/mol. The molecule has 3 aromatic rings. The lowest BCUT2D eigenvalue weighted by atomic mass is 9.96. The molecule has 2 aromatic heterocycles. The number of fused-ring (bicyclic) bond motifs is 3. The van der Waals surface area contributed by atoms with Gasteiger partial charge >= 0.3 is 6.09 Å². The number of hydrogen-bond donors (Lipinski definition) is 1. The Labute approximate surface area is 161 Å². The maximum absolute atomic E-state index is 13.4. The van der Waals surface area contributed by atoms with E-state index in [4.69, 9.17) is 5.10 Å². The topological polar surface area (TPSA) is 80.4 Å². The Morgan fingerprint density at radius 2 is 1.96 bits per heavy atom. The van der Waals surface area contributed by atoms with Crippen molar-refractivity contribution < 1.29 is 9.90 Å². The molecule has 7 heteroatoms. The van der Waals surface area contributed by atoms with Gasteiger partial charge in [0.2, 0.25) is 0 Å². The van der Waals surface area contributed by atoms with E-state index in [2.05, 4.69) is 0 Å². The summed E-state index contributed by atoms with van der Waals surface area (Å²) in [6.07, 6.45) is 1.83. The molecule has 7 nitrogen and oxygen atoms in total. The molecule has 0 radical (unpaired) electrons. The third-order valence-corrected chi connectivity index (χ3v) is 5.87. The van der Waals surface area contributed by atoms with Crippen molar-refractivity contribution in [3.8, 4) is 0 Å². The van der Waals surface area contributed by atoms with Gasteiger partial charge in [-0.3, -0.25) is 14.0 Å². The minimum Gasteiger partial charge on any atom is -0.465 e. The van der Waals surface area contributed by atoms with Crippen LogP contribution in [-0.4, -0.2) is 37.0 Å². The number of rotatable bonds is 3. The lowest BCUT2D eigenvalue weighted by Crippen LogP contribution is -2.40. The lowest BCUT2D eigenvalue weighted by Gasteiger charge is -2.27. The number of aryl methyl sites for hydroxylation is 1. The van der Waals surface area contributed by atoms with Crippen LogP contribution in [0.3, 0.4) is 0 Å². The first kappa shape index (κ1) is 17.0. The zero-order valence-electron chi connectivity index (χ0n) is 15.8. The van der Waals surface area contributed by atoms with Gasteiger partial charge in [-0.1, -0.05) is 30.3 Å². The molecule has 28 heavy (non-hydrogen) atoms. The highest BCUT2D eigenvalue weighted by Gasteiger charge is 2.34. The van der Waals surface area contributed by atoms with Crippen LogP contribution in [0.15, 0.2) is 35.1 Å². The normalized spacial score (nSPS) is 16.4. The fourth-order valence-electron chi connectivity index (χ4n) is 4.35. The van der Waals surface area contributed by atoms with Crippen molar-refractivity contribution in [2.45, 2.75) is 38.3 Å². The second kappa shape index (κ2) is 6.22. The first-order chi connectivity index (χ1) is 13.5. The Morgan fingerprint density at radius 3 is 2.64 bits per heavy atom. The number of carbonyl (C=O) groups is 1. The van der Waals surface area contributed by atoms with Gasteiger partial charge in [0, 0.05) is 30.5 Å². The standard InChI is InChI=1S/C21H22N4O3/c1-23-19-17(18(22-23)14-7-8-14)15-9-10-24(21(27)28)12-16(15)20(26)25(19)11-13-5-3-2-4-6-13/h2-6,14H,7-12H2,1H3,(H,27,28). The number of amides is 1. The molecule has 3 heterocycles. The van der Waals surface area contributed by atoms with Crippen LogP contribution in [0.2, 0.25) is 0 Å². The van der Waals surface area contributed by atoms with Crippen LogP contribution in [0, 0.1) is 0 Å². The van der Waals surface area contributed by atoms with E-state index >= 15 is 0 Å². The molecule has 144 valence electrons. The van der Waals surface area contributed by atoms with Crippen LogP contribution in [0.4, 0.5) is 4.79 Å². The Kier molecular flexibility index (Phi) is 3.79. The van der Waals surface area contributed by atoms with Crippen LogP contribution in [0.5, 0.6) is 0 Å². The van der Waals surface area contributed by atoms with Crippen molar-refractivity contribution in [1.82, 2.24) is 19.2 Å². The number of carboxylic acid groups (broad SMARTS) is 1. The van der Waals surface area contributed by atoms with Gasteiger partial charge < -0.3 is 10.0 Å². The molecule has 2 aliphatic rings. The molecule has 0 bridgehead atoms. The highest BCUT2D eigenvalue weighted by molar-refractivity contribution is 5.85. The van der Waals surface area contributed by atoms with Crippen molar-refractivity contribution in [3.05, 3.63) is 63.1 Å². The van der Waals surface area contributed by atoms with Crippen LogP contribution in [0.25, 0.3) is 11.0 Å². The van der Waals surface area contributed by atoms with Crippen molar-refractivity contribution in [1.29, 1.82) is 0 Å². The van der Waals surface area contributed by atoms with Gasteiger partial charge in [0.25, 0.3) is 5.56 Å². The van der Waals surface area contributed by atoms with Crippen molar-refractivity contribution in [2.24, 2.45) is 7.05 Å².